The van der Waals surface area contributed by atoms with Gasteiger partial charge in [0.15, 0.2) is 5.69 Å². The number of nitrogen functional groups attached to an aromatic ring is 1. The minimum absolute atomic E-state index is 0.187. The van der Waals surface area contributed by atoms with Gasteiger partial charge in [0.2, 0.25) is 0 Å². The Bertz CT molecular complexity index is 725. The molecule has 6 nitrogen and oxygen atoms in total. The number of hydrogen-bond donors (Lipinski definition) is 2. The van der Waals surface area contributed by atoms with Crippen LogP contribution in [0.2, 0.25) is 0 Å². The van der Waals surface area contributed by atoms with Crippen LogP contribution in [0.25, 0.3) is 0 Å². The van der Waals surface area contributed by atoms with Gasteiger partial charge in [-0.2, -0.15) is 5.10 Å². The average Bonchev–Trinajstić information content (AvgIpc) is 2.88. The van der Waals surface area contributed by atoms with Gasteiger partial charge in [0, 0.05) is 5.69 Å². The van der Waals surface area contributed by atoms with Gasteiger partial charge in [-0.25, -0.2) is 0 Å². The number of rotatable bonds is 3. The zero-order chi connectivity index (χ0) is 17.4. The molecule has 0 atom stereocenters. The molecule has 2 heterocycles. The summed E-state index contributed by atoms with van der Waals surface area (Å²) >= 11 is 0. The van der Waals surface area contributed by atoms with E-state index in [1.165, 1.54) is 0 Å². The SMILES string of the molecule is Cc1ncc(NC(=O)c2cc(C(C)C)n(C(C)(C)C)n2)cc1N. The van der Waals surface area contributed by atoms with E-state index in [1.54, 1.807) is 12.3 Å². The van der Waals surface area contributed by atoms with Crippen LogP contribution in [-0.4, -0.2) is 20.7 Å². The quantitative estimate of drug-likeness (QED) is 0.910. The van der Waals surface area contributed by atoms with Crippen LogP contribution < -0.4 is 11.1 Å². The molecule has 2 rings (SSSR count). The fourth-order valence-corrected chi connectivity index (χ4v) is 2.27. The van der Waals surface area contributed by atoms with Gasteiger partial charge in [-0.1, -0.05) is 13.8 Å². The molecule has 0 aliphatic rings. The number of aryl methyl sites for hydroxylation is 1. The van der Waals surface area contributed by atoms with Crippen LogP contribution in [0, 0.1) is 6.92 Å². The number of aromatic nitrogens is 3. The molecule has 124 valence electrons. The first-order chi connectivity index (χ1) is 10.6. The van der Waals surface area contributed by atoms with Gasteiger partial charge >= 0.3 is 0 Å². The number of pyridine rings is 1. The molecule has 23 heavy (non-hydrogen) atoms. The fourth-order valence-electron chi connectivity index (χ4n) is 2.27. The lowest BCUT2D eigenvalue weighted by Crippen LogP contribution is -2.26. The van der Waals surface area contributed by atoms with Crippen LogP contribution in [-0.2, 0) is 5.54 Å². The molecule has 2 aromatic rings. The van der Waals surface area contributed by atoms with Gasteiger partial charge < -0.3 is 11.1 Å². The third kappa shape index (κ3) is 3.70. The predicted molar refractivity (Wildman–Crippen MR) is 92.7 cm³/mol. The number of hydrogen-bond acceptors (Lipinski definition) is 4. The van der Waals surface area contributed by atoms with Crippen LogP contribution in [0.15, 0.2) is 18.3 Å². The number of carbonyl (C=O) groups excluding carboxylic acids is 1. The number of amides is 1. The van der Waals surface area contributed by atoms with Crippen molar-refractivity contribution in [3.63, 3.8) is 0 Å². The van der Waals surface area contributed by atoms with E-state index >= 15 is 0 Å². The van der Waals surface area contributed by atoms with Crippen molar-refractivity contribution in [1.29, 1.82) is 0 Å². The number of nitrogens with zero attached hydrogens (tertiary/aromatic N) is 3. The molecular weight excluding hydrogens is 290 g/mol. The second kappa shape index (κ2) is 6.02. The Morgan fingerprint density at radius 3 is 2.43 bits per heavy atom. The molecule has 1 amide bonds. The lowest BCUT2D eigenvalue weighted by Gasteiger charge is -2.23. The van der Waals surface area contributed by atoms with Crippen molar-refractivity contribution in [3.05, 3.63) is 35.4 Å². The van der Waals surface area contributed by atoms with Crippen LogP contribution in [0.1, 0.15) is 62.4 Å². The van der Waals surface area contributed by atoms with Crippen molar-refractivity contribution >= 4 is 17.3 Å². The van der Waals surface area contributed by atoms with Gasteiger partial charge in [0.05, 0.1) is 28.8 Å². The first-order valence-corrected chi connectivity index (χ1v) is 7.73. The summed E-state index contributed by atoms with van der Waals surface area (Å²) < 4.78 is 1.91. The molecule has 0 aliphatic heterocycles. The number of anilines is 2. The first kappa shape index (κ1) is 17.0. The Hall–Kier alpha value is -2.37. The summed E-state index contributed by atoms with van der Waals surface area (Å²) in [7, 11) is 0. The van der Waals surface area contributed by atoms with Gasteiger partial charge in [-0.15, -0.1) is 0 Å². The maximum absolute atomic E-state index is 12.5. The summed E-state index contributed by atoms with van der Waals surface area (Å²) in [6.07, 6.45) is 1.59. The summed E-state index contributed by atoms with van der Waals surface area (Å²) in [5.41, 5.74) is 8.91. The normalized spacial score (nSPS) is 11.8. The van der Waals surface area contributed by atoms with E-state index in [4.69, 9.17) is 5.73 Å². The van der Waals surface area contributed by atoms with Gasteiger partial charge in [0.1, 0.15) is 0 Å². The lowest BCUT2D eigenvalue weighted by atomic mass is 10.1. The predicted octanol–water partition coefficient (Wildman–Crippen LogP) is 3.30. The average molecular weight is 315 g/mol. The Balaban J connectivity index is 2.31. The molecule has 0 aliphatic carbocycles. The smallest absolute Gasteiger partial charge is 0.276 e. The molecule has 0 fully saturated rings. The Morgan fingerprint density at radius 2 is 1.96 bits per heavy atom. The lowest BCUT2D eigenvalue weighted by molar-refractivity contribution is 0.102. The topological polar surface area (TPSA) is 85.8 Å². The van der Waals surface area contributed by atoms with Crippen molar-refractivity contribution in [2.45, 2.75) is 53.0 Å². The number of nitrogens with one attached hydrogen (secondary N) is 1. The van der Waals surface area contributed by atoms with E-state index in [0.29, 0.717) is 17.1 Å². The maximum atomic E-state index is 12.5. The molecular formula is C17H25N5O. The maximum Gasteiger partial charge on any atom is 0.276 e. The molecule has 0 bridgehead atoms. The summed E-state index contributed by atoms with van der Waals surface area (Å²) in [6, 6.07) is 3.54. The molecule has 3 N–H and O–H groups in total. The summed E-state index contributed by atoms with van der Waals surface area (Å²) in [5.74, 6) is 0.0138. The Morgan fingerprint density at radius 1 is 1.30 bits per heavy atom. The molecule has 6 heteroatoms. The second-order valence-corrected chi connectivity index (χ2v) is 7.04. The van der Waals surface area contributed by atoms with E-state index in [1.807, 2.05) is 17.7 Å². The highest BCUT2D eigenvalue weighted by molar-refractivity contribution is 6.03. The highest BCUT2D eigenvalue weighted by Crippen LogP contribution is 2.24. The number of nitrogens with two attached hydrogens (primary N) is 1. The molecule has 0 spiro atoms. The minimum atomic E-state index is -0.264. The van der Waals surface area contributed by atoms with Crippen LogP contribution in [0.5, 0.6) is 0 Å². The van der Waals surface area contributed by atoms with Crippen LogP contribution in [0.3, 0.4) is 0 Å². The third-order valence-electron chi connectivity index (χ3n) is 3.58. The van der Waals surface area contributed by atoms with E-state index in [-0.39, 0.29) is 17.4 Å². The van der Waals surface area contributed by atoms with E-state index in [2.05, 4.69) is 50.0 Å². The largest absolute Gasteiger partial charge is 0.397 e. The van der Waals surface area contributed by atoms with Crippen molar-refractivity contribution in [2.75, 3.05) is 11.1 Å². The first-order valence-electron chi connectivity index (χ1n) is 7.73. The van der Waals surface area contributed by atoms with E-state index in [0.717, 1.165) is 11.4 Å². The highest BCUT2D eigenvalue weighted by Gasteiger charge is 2.23. The second-order valence-electron chi connectivity index (χ2n) is 7.04. The van der Waals surface area contributed by atoms with Gasteiger partial charge in [-0.3, -0.25) is 14.5 Å². The van der Waals surface area contributed by atoms with Crippen molar-refractivity contribution in [3.8, 4) is 0 Å². The van der Waals surface area contributed by atoms with E-state index in [9.17, 15) is 4.79 Å². The monoisotopic (exact) mass is 315 g/mol. The molecule has 0 radical (unpaired) electrons. The zero-order valence-electron chi connectivity index (χ0n) is 14.6. The standard InChI is InChI=1S/C17H25N5O/c1-10(2)15-8-14(21-22(15)17(4,5)6)16(23)20-12-7-13(18)11(3)19-9-12/h7-10H,18H2,1-6H3,(H,20,23). The van der Waals surface area contributed by atoms with Gasteiger partial charge in [-0.05, 0) is 45.7 Å². The summed E-state index contributed by atoms with van der Waals surface area (Å²) in [4.78, 5) is 16.6. The summed E-state index contributed by atoms with van der Waals surface area (Å²) in [6.45, 7) is 12.2. The van der Waals surface area contributed by atoms with Crippen LogP contribution >= 0.6 is 0 Å². The molecule has 2 aromatic heterocycles. The van der Waals surface area contributed by atoms with E-state index < -0.39 is 0 Å². The molecule has 0 unspecified atom stereocenters. The molecule has 0 aromatic carbocycles. The zero-order valence-corrected chi connectivity index (χ0v) is 14.6. The Labute approximate surface area is 137 Å². The van der Waals surface area contributed by atoms with Crippen molar-refractivity contribution in [2.24, 2.45) is 0 Å². The molecule has 0 saturated carbocycles. The van der Waals surface area contributed by atoms with Crippen LogP contribution in [0.4, 0.5) is 11.4 Å². The Kier molecular flexibility index (Phi) is 4.45. The summed E-state index contributed by atoms with van der Waals surface area (Å²) in [5, 5.41) is 7.29. The third-order valence-corrected chi connectivity index (χ3v) is 3.58. The minimum Gasteiger partial charge on any atom is -0.397 e. The highest BCUT2D eigenvalue weighted by atomic mass is 16.2. The molecule has 0 saturated heterocycles. The van der Waals surface area contributed by atoms with Gasteiger partial charge in [0.25, 0.3) is 5.91 Å². The number of carbonyl (C=O) groups is 1. The van der Waals surface area contributed by atoms with Crippen molar-refractivity contribution in [1.82, 2.24) is 14.8 Å². The fraction of sp³-hybridized carbons (Fsp3) is 0.471. The van der Waals surface area contributed by atoms with Crippen molar-refractivity contribution < 1.29 is 4.79 Å².